The fraction of sp³-hybridized carbons (Fsp3) is 0.353. The molecule has 7 heteroatoms. The van der Waals surface area contributed by atoms with Gasteiger partial charge in [-0.25, -0.2) is 4.79 Å². The van der Waals surface area contributed by atoms with Gasteiger partial charge in [-0.3, -0.25) is 14.5 Å². The number of benzene rings is 1. The molecule has 0 radical (unpaired) electrons. The first-order valence-electron chi connectivity index (χ1n) is 7.64. The highest BCUT2D eigenvalue weighted by Gasteiger charge is 2.36. The molecule has 2 atom stereocenters. The lowest BCUT2D eigenvalue weighted by Gasteiger charge is -2.35. The number of hydrogen-bond acceptors (Lipinski definition) is 4. The second-order valence-electron chi connectivity index (χ2n) is 5.96. The molecular weight excluding hydrogens is 312 g/mol. The van der Waals surface area contributed by atoms with Gasteiger partial charge in [0.05, 0.1) is 12.6 Å². The molecule has 1 unspecified atom stereocenters. The highest BCUT2D eigenvalue weighted by molar-refractivity contribution is 6.10. The minimum Gasteiger partial charge on any atom is -0.479 e. The number of hydrogen-bond donors (Lipinski definition) is 1. The molecule has 0 aliphatic carbocycles. The number of amides is 2. The third-order valence-electron chi connectivity index (χ3n) is 4.22. The van der Waals surface area contributed by atoms with Crippen LogP contribution in [0.1, 0.15) is 22.8 Å². The first kappa shape index (κ1) is 16.2. The monoisotopic (exact) mass is 330 g/mol. The van der Waals surface area contributed by atoms with E-state index in [9.17, 15) is 14.4 Å². The number of ether oxygens (including phenoxy) is 1. The second kappa shape index (κ2) is 6.09. The molecule has 2 aliphatic heterocycles. The zero-order chi connectivity index (χ0) is 17.4. The Kier molecular flexibility index (Phi) is 4.11. The molecule has 3 rings (SSSR count). The summed E-state index contributed by atoms with van der Waals surface area (Å²) in [5, 5.41) is 9.10. The van der Waals surface area contributed by atoms with Crippen molar-refractivity contribution in [2.24, 2.45) is 0 Å². The standard InChI is InChI=1S/C17H18N2O5/c1-10-7-18(8-14(24-10)17(22)23)15(20)9-19-11(2)12-5-3-4-6-13(12)16(19)21/h3-6,10,14H,2,7-9H2,1H3,(H,22,23)/t10-,14?/m1/s1. The maximum absolute atomic E-state index is 12.6. The Morgan fingerprint density at radius 3 is 2.58 bits per heavy atom. The van der Waals surface area contributed by atoms with Gasteiger partial charge in [-0.15, -0.1) is 0 Å². The maximum Gasteiger partial charge on any atom is 0.334 e. The smallest absolute Gasteiger partial charge is 0.334 e. The predicted octanol–water partition coefficient (Wildman–Crippen LogP) is 0.814. The van der Waals surface area contributed by atoms with Gasteiger partial charge in [0.25, 0.3) is 5.91 Å². The molecule has 1 aromatic rings. The normalized spacial score (nSPS) is 23.4. The van der Waals surface area contributed by atoms with Crippen molar-refractivity contribution in [1.29, 1.82) is 0 Å². The zero-order valence-corrected chi connectivity index (χ0v) is 13.3. The highest BCUT2D eigenvalue weighted by atomic mass is 16.5. The van der Waals surface area contributed by atoms with Gasteiger partial charge in [0, 0.05) is 23.4 Å². The number of rotatable bonds is 3. The van der Waals surface area contributed by atoms with Crippen LogP contribution < -0.4 is 0 Å². The van der Waals surface area contributed by atoms with Crippen LogP contribution in [0.25, 0.3) is 5.70 Å². The number of carboxylic acid groups (broad SMARTS) is 1. The van der Waals surface area contributed by atoms with Crippen LogP contribution in [0.4, 0.5) is 0 Å². The van der Waals surface area contributed by atoms with E-state index in [0.29, 0.717) is 23.4 Å². The predicted molar refractivity (Wildman–Crippen MR) is 85.1 cm³/mol. The number of fused-ring (bicyclic) bond motifs is 1. The molecule has 0 spiro atoms. The molecular formula is C17H18N2O5. The van der Waals surface area contributed by atoms with Crippen molar-refractivity contribution in [2.45, 2.75) is 19.1 Å². The lowest BCUT2D eigenvalue weighted by atomic mass is 10.1. The Labute approximate surface area is 139 Å². The Bertz CT molecular complexity index is 694. The quantitative estimate of drug-likeness (QED) is 0.886. The summed E-state index contributed by atoms with van der Waals surface area (Å²) in [7, 11) is 0. The van der Waals surface area contributed by atoms with E-state index in [-0.39, 0.29) is 31.0 Å². The van der Waals surface area contributed by atoms with Gasteiger partial charge in [-0.1, -0.05) is 24.8 Å². The fourth-order valence-corrected chi connectivity index (χ4v) is 3.03. The molecule has 0 bridgehead atoms. The van der Waals surface area contributed by atoms with Crippen molar-refractivity contribution in [3.63, 3.8) is 0 Å². The van der Waals surface area contributed by atoms with E-state index in [4.69, 9.17) is 9.84 Å². The molecule has 2 heterocycles. The van der Waals surface area contributed by atoms with E-state index in [0.717, 1.165) is 0 Å². The Hall–Kier alpha value is -2.67. The summed E-state index contributed by atoms with van der Waals surface area (Å²) in [6.45, 7) is 5.72. The summed E-state index contributed by atoms with van der Waals surface area (Å²) in [5.41, 5.74) is 1.73. The van der Waals surface area contributed by atoms with Gasteiger partial charge in [0.1, 0.15) is 6.54 Å². The van der Waals surface area contributed by atoms with Crippen LogP contribution in [0.3, 0.4) is 0 Å². The van der Waals surface area contributed by atoms with Gasteiger partial charge in [-0.2, -0.15) is 0 Å². The molecule has 0 aromatic heterocycles. The maximum atomic E-state index is 12.6. The summed E-state index contributed by atoms with van der Waals surface area (Å²) in [4.78, 5) is 38.9. The summed E-state index contributed by atoms with van der Waals surface area (Å²) in [5.74, 6) is -1.69. The second-order valence-corrected chi connectivity index (χ2v) is 5.96. The van der Waals surface area contributed by atoms with Crippen molar-refractivity contribution >= 4 is 23.5 Å². The minimum absolute atomic E-state index is 0.0278. The molecule has 0 saturated carbocycles. The van der Waals surface area contributed by atoms with Crippen molar-refractivity contribution < 1.29 is 24.2 Å². The fourth-order valence-electron chi connectivity index (χ4n) is 3.03. The number of carbonyl (C=O) groups is 3. The van der Waals surface area contributed by atoms with E-state index in [1.54, 1.807) is 25.1 Å². The number of carbonyl (C=O) groups excluding carboxylic acids is 2. The lowest BCUT2D eigenvalue weighted by molar-refractivity contribution is -0.166. The van der Waals surface area contributed by atoms with Gasteiger partial charge < -0.3 is 14.7 Å². The summed E-state index contributed by atoms with van der Waals surface area (Å²) >= 11 is 0. The van der Waals surface area contributed by atoms with E-state index in [1.165, 1.54) is 9.80 Å². The molecule has 2 amide bonds. The molecule has 24 heavy (non-hydrogen) atoms. The molecule has 2 aliphatic rings. The molecule has 7 nitrogen and oxygen atoms in total. The van der Waals surface area contributed by atoms with E-state index >= 15 is 0 Å². The van der Waals surface area contributed by atoms with Gasteiger partial charge in [0.15, 0.2) is 6.10 Å². The van der Waals surface area contributed by atoms with Crippen molar-refractivity contribution in [1.82, 2.24) is 9.80 Å². The van der Waals surface area contributed by atoms with Crippen LogP contribution >= 0.6 is 0 Å². The summed E-state index contributed by atoms with van der Waals surface area (Å²) in [6, 6.07) is 7.06. The van der Waals surface area contributed by atoms with Gasteiger partial charge in [-0.05, 0) is 13.0 Å². The Morgan fingerprint density at radius 1 is 1.29 bits per heavy atom. The van der Waals surface area contributed by atoms with Crippen molar-refractivity contribution in [3.8, 4) is 0 Å². The van der Waals surface area contributed by atoms with E-state index in [2.05, 4.69) is 6.58 Å². The number of carboxylic acids is 1. The van der Waals surface area contributed by atoms with Gasteiger partial charge >= 0.3 is 5.97 Å². The average Bonchev–Trinajstić information content (AvgIpc) is 2.79. The van der Waals surface area contributed by atoms with Crippen LogP contribution in [0.15, 0.2) is 30.8 Å². The van der Waals surface area contributed by atoms with Crippen LogP contribution in [0, 0.1) is 0 Å². The highest BCUT2D eigenvalue weighted by Crippen LogP contribution is 2.31. The van der Waals surface area contributed by atoms with Crippen LogP contribution in [0.5, 0.6) is 0 Å². The first-order chi connectivity index (χ1) is 11.4. The van der Waals surface area contributed by atoms with E-state index < -0.39 is 12.1 Å². The Morgan fingerprint density at radius 2 is 1.96 bits per heavy atom. The molecule has 1 N–H and O–H groups in total. The number of morpholine rings is 1. The zero-order valence-electron chi connectivity index (χ0n) is 13.3. The van der Waals surface area contributed by atoms with Crippen molar-refractivity contribution in [2.75, 3.05) is 19.6 Å². The lowest BCUT2D eigenvalue weighted by Crippen LogP contribution is -2.53. The third-order valence-corrected chi connectivity index (χ3v) is 4.22. The summed E-state index contributed by atoms with van der Waals surface area (Å²) in [6.07, 6.45) is -1.43. The molecule has 1 aromatic carbocycles. The van der Waals surface area contributed by atoms with Crippen molar-refractivity contribution in [3.05, 3.63) is 42.0 Å². The SMILES string of the molecule is C=C1c2ccccc2C(=O)N1CC(=O)N1CC(C(=O)O)O[C@H](C)C1. The molecule has 1 fully saturated rings. The summed E-state index contributed by atoms with van der Waals surface area (Å²) < 4.78 is 5.30. The average molecular weight is 330 g/mol. The van der Waals surface area contributed by atoms with Crippen LogP contribution in [-0.4, -0.2) is 64.5 Å². The number of nitrogens with zero attached hydrogens (tertiary/aromatic N) is 2. The first-order valence-corrected chi connectivity index (χ1v) is 7.64. The third kappa shape index (κ3) is 2.78. The van der Waals surface area contributed by atoms with E-state index in [1.807, 2.05) is 6.07 Å². The largest absolute Gasteiger partial charge is 0.479 e. The Balaban J connectivity index is 1.73. The molecule has 1 saturated heterocycles. The van der Waals surface area contributed by atoms with Crippen LogP contribution in [-0.2, 0) is 14.3 Å². The van der Waals surface area contributed by atoms with Gasteiger partial charge in [0.2, 0.25) is 5.91 Å². The van der Waals surface area contributed by atoms with Crippen LogP contribution in [0.2, 0.25) is 0 Å². The topological polar surface area (TPSA) is 87.2 Å². The number of aliphatic carboxylic acids is 1. The minimum atomic E-state index is -1.10. The molecule has 126 valence electrons.